The maximum absolute atomic E-state index is 12.0. The first-order chi connectivity index (χ1) is 10.0. The van der Waals surface area contributed by atoms with Crippen molar-refractivity contribution in [1.29, 1.82) is 0 Å². The van der Waals surface area contributed by atoms with Gasteiger partial charge in [0.25, 0.3) is 0 Å². The third kappa shape index (κ3) is 3.87. The molecule has 0 spiro atoms. The van der Waals surface area contributed by atoms with Crippen LogP contribution in [0.3, 0.4) is 0 Å². The minimum absolute atomic E-state index is 0.0870. The summed E-state index contributed by atoms with van der Waals surface area (Å²) >= 11 is 0. The Morgan fingerprint density at radius 3 is 2.24 bits per heavy atom. The van der Waals surface area contributed by atoms with E-state index in [1.807, 2.05) is 30.3 Å². The quantitative estimate of drug-likeness (QED) is 0.557. The first kappa shape index (κ1) is 16.1. The van der Waals surface area contributed by atoms with Crippen LogP contribution >= 0.6 is 0 Å². The smallest absolute Gasteiger partial charge is 0.139 e. The van der Waals surface area contributed by atoms with Crippen LogP contribution in [-0.2, 0) is 16.0 Å². The van der Waals surface area contributed by atoms with Crippen molar-refractivity contribution in [3.05, 3.63) is 35.9 Å². The molecule has 6 heteroatoms. The normalized spacial score (nSPS) is 32.9. The van der Waals surface area contributed by atoms with Crippen molar-refractivity contribution < 1.29 is 30.0 Å². The van der Waals surface area contributed by atoms with E-state index in [9.17, 15) is 20.1 Å². The zero-order chi connectivity index (χ0) is 15.4. The van der Waals surface area contributed by atoms with Gasteiger partial charge in [-0.3, -0.25) is 4.79 Å². The molecule has 1 aliphatic heterocycles. The number of aliphatic hydroxyl groups excluding tert-OH is 4. The fourth-order valence-corrected chi connectivity index (χ4v) is 2.47. The molecule has 6 nitrogen and oxygen atoms in total. The number of carbonyl (C=O) groups excluding carboxylic acids is 1. The molecule has 4 N–H and O–H groups in total. The van der Waals surface area contributed by atoms with Crippen molar-refractivity contribution in [2.75, 3.05) is 6.61 Å². The van der Waals surface area contributed by atoms with Crippen molar-refractivity contribution in [1.82, 2.24) is 0 Å². The van der Waals surface area contributed by atoms with E-state index in [0.29, 0.717) is 0 Å². The van der Waals surface area contributed by atoms with Crippen LogP contribution in [0.1, 0.15) is 12.0 Å². The van der Waals surface area contributed by atoms with Crippen LogP contribution in [0.15, 0.2) is 30.3 Å². The van der Waals surface area contributed by atoms with Crippen LogP contribution in [0, 0.1) is 0 Å². The van der Waals surface area contributed by atoms with E-state index in [4.69, 9.17) is 9.84 Å². The third-order valence-corrected chi connectivity index (χ3v) is 3.66. The number of aliphatic hydroxyl groups is 4. The lowest BCUT2D eigenvalue weighted by atomic mass is 9.91. The van der Waals surface area contributed by atoms with E-state index in [0.717, 1.165) is 5.56 Å². The van der Waals surface area contributed by atoms with E-state index < -0.39 is 37.1 Å². The highest BCUT2D eigenvalue weighted by Gasteiger charge is 2.43. The SMILES string of the molecule is O=C(Cc1ccccc1)C[C@@H]1O[C@H](CO)[C@@H](O)[C@H](O)[C@H]1O. The molecule has 0 aliphatic carbocycles. The number of hydrogen-bond acceptors (Lipinski definition) is 6. The van der Waals surface area contributed by atoms with Gasteiger partial charge in [0, 0.05) is 12.8 Å². The van der Waals surface area contributed by atoms with Crippen molar-refractivity contribution >= 4 is 5.78 Å². The molecule has 1 aliphatic rings. The van der Waals surface area contributed by atoms with Gasteiger partial charge >= 0.3 is 0 Å². The van der Waals surface area contributed by atoms with Crippen molar-refractivity contribution in [3.63, 3.8) is 0 Å². The van der Waals surface area contributed by atoms with Gasteiger partial charge in [-0.15, -0.1) is 0 Å². The Hall–Kier alpha value is -1.31. The number of Topliss-reactive ketones (excluding diaryl/α,β-unsaturated/α-hetero) is 1. The molecule has 1 aromatic carbocycles. The maximum atomic E-state index is 12.0. The van der Waals surface area contributed by atoms with Gasteiger partial charge in [0.2, 0.25) is 0 Å². The number of carbonyl (C=O) groups is 1. The van der Waals surface area contributed by atoms with Gasteiger partial charge in [-0.2, -0.15) is 0 Å². The molecule has 1 fully saturated rings. The second-order valence-corrected chi connectivity index (χ2v) is 5.27. The predicted octanol–water partition coefficient (Wildman–Crippen LogP) is -0.969. The Balaban J connectivity index is 1.96. The number of ether oxygens (including phenoxy) is 1. The van der Waals surface area contributed by atoms with Crippen molar-refractivity contribution in [2.24, 2.45) is 0 Å². The lowest BCUT2D eigenvalue weighted by Crippen LogP contribution is -2.58. The summed E-state index contributed by atoms with van der Waals surface area (Å²) < 4.78 is 5.31. The average Bonchev–Trinajstić information content (AvgIpc) is 2.49. The standard InChI is InChI=1S/C15H20O6/c16-8-12-14(19)15(20)13(18)11(21-12)7-10(17)6-9-4-2-1-3-5-9/h1-5,11-16,18-20H,6-8H2/t11-,12+,13-,14+,15+/m0/s1. The van der Waals surface area contributed by atoms with E-state index in [2.05, 4.69) is 0 Å². The Morgan fingerprint density at radius 2 is 1.62 bits per heavy atom. The molecule has 0 unspecified atom stereocenters. The summed E-state index contributed by atoms with van der Waals surface area (Å²) in [5.41, 5.74) is 0.854. The molecule has 0 amide bonds. The third-order valence-electron chi connectivity index (χ3n) is 3.66. The summed E-state index contributed by atoms with van der Waals surface area (Å²) in [6.07, 6.45) is -5.99. The number of benzene rings is 1. The minimum Gasteiger partial charge on any atom is -0.394 e. The number of rotatable bonds is 5. The lowest BCUT2D eigenvalue weighted by molar-refractivity contribution is -0.229. The highest BCUT2D eigenvalue weighted by Crippen LogP contribution is 2.23. The topological polar surface area (TPSA) is 107 Å². The van der Waals surface area contributed by atoms with Crippen LogP contribution in [-0.4, -0.2) is 63.3 Å². The van der Waals surface area contributed by atoms with Crippen LogP contribution in [0.5, 0.6) is 0 Å². The largest absolute Gasteiger partial charge is 0.394 e. The van der Waals surface area contributed by atoms with Gasteiger partial charge in [0.15, 0.2) is 0 Å². The molecular formula is C15H20O6. The molecule has 1 saturated heterocycles. The van der Waals surface area contributed by atoms with Crippen LogP contribution in [0.25, 0.3) is 0 Å². The Morgan fingerprint density at radius 1 is 1.00 bits per heavy atom. The molecule has 0 bridgehead atoms. The zero-order valence-corrected chi connectivity index (χ0v) is 11.5. The maximum Gasteiger partial charge on any atom is 0.139 e. The molecule has 2 rings (SSSR count). The van der Waals surface area contributed by atoms with Crippen LogP contribution in [0.4, 0.5) is 0 Å². The zero-order valence-electron chi connectivity index (χ0n) is 11.5. The van der Waals surface area contributed by atoms with Crippen molar-refractivity contribution in [3.8, 4) is 0 Å². The molecule has 0 aromatic heterocycles. The molecule has 1 aromatic rings. The Bertz CT molecular complexity index is 460. The minimum atomic E-state index is -1.44. The summed E-state index contributed by atoms with van der Waals surface area (Å²) in [5, 5.41) is 38.3. The fraction of sp³-hybridized carbons (Fsp3) is 0.533. The molecule has 0 radical (unpaired) electrons. The van der Waals surface area contributed by atoms with E-state index in [-0.39, 0.29) is 18.6 Å². The first-order valence-electron chi connectivity index (χ1n) is 6.89. The molecule has 116 valence electrons. The van der Waals surface area contributed by atoms with E-state index in [1.165, 1.54) is 0 Å². The summed E-state index contributed by atoms with van der Waals surface area (Å²) in [4.78, 5) is 12.0. The molecule has 21 heavy (non-hydrogen) atoms. The number of hydrogen-bond donors (Lipinski definition) is 4. The molecule has 1 heterocycles. The highest BCUT2D eigenvalue weighted by atomic mass is 16.5. The monoisotopic (exact) mass is 296 g/mol. The Kier molecular flexibility index (Phi) is 5.44. The van der Waals surface area contributed by atoms with Gasteiger partial charge in [0.1, 0.15) is 30.2 Å². The first-order valence-corrected chi connectivity index (χ1v) is 6.89. The fourth-order valence-electron chi connectivity index (χ4n) is 2.47. The van der Waals surface area contributed by atoms with Crippen LogP contribution in [0.2, 0.25) is 0 Å². The van der Waals surface area contributed by atoms with E-state index in [1.54, 1.807) is 0 Å². The van der Waals surface area contributed by atoms with Gasteiger partial charge in [-0.1, -0.05) is 30.3 Å². The molecule has 5 atom stereocenters. The lowest BCUT2D eigenvalue weighted by Gasteiger charge is -2.39. The summed E-state index contributed by atoms with van der Waals surface area (Å²) in [5.74, 6) is -0.148. The second-order valence-electron chi connectivity index (χ2n) is 5.27. The second kappa shape index (κ2) is 7.11. The summed E-state index contributed by atoms with van der Waals surface area (Å²) in [7, 11) is 0. The summed E-state index contributed by atoms with van der Waals surface area (Å²) in [6, 6.07) is 9.16. The average molecular weight is 296 g/mol. The molecule has 0 saturated carbocycles. The van der Waals surface area contributed by atoms with Crippen LogP contribution < -0.4 is 0 Å². The predicted molar refractivity (Wildman–Crippen MR) is 73.5 cm³/mol. The number of ketones is 1. The van der Waals surface area contributed by atoms with E-state index >= 15 is 0 Å². The summed E-state index contributed by atoms with van der Waals surface area (Å²) in [6.45, 7) is -0.492. The highest BCUT2D eigenvalue weighted by molar-refractivity contribution is 5.81. The van der Waals surface area contributed by atoms with Crippen molar-refractivity contribution in [2.45, 2.75) is 43.4 Å². The van der Waals surface area contributed by atoms with Gasteiger partial charge in [-0.05, 0) is 5.56 Å². The van der Waals surface area contributed by atoms with Gasteiger partial charge in [0.05, 0.1) is 12.7 Å². The van der Waals surface area contributed by atoms with Gasteiger partial charge in [-0.25, -0.2) is 0 Å². The Labute approximate surface area is 122 Å². The molecular weight excluding hydrogens is 276 g/mol. The van der Waals surface area contributed by atoms with Gasteiger partial charge < -0.3 is 25.2 Å².